The summed E-state index contributed by atoms with van der Waals surface area (Å²) in [4.78, 5) is 21.3. The van der Waals surface area contributed by atoms with Crippen molar-refractivity contribution in [3.63, 3.8) is 0 Å². The van der Waals surface area contributed by atoms with Gasteiger partial charge in [-0.3, -0.25) is 9.69 Å². The van der Waals surface area contributed by atoms with E-state index in [9.17, 15) is 4.79 Å². The molecule has 0 aromatic heterocycles. The molecule has 0 bridgehead atoms. The maximum atomic E-state index is 12.0. The summed E-state index contributed by atoms with van der Waals surface area (Å²) in [7, 11) is 1.65. The highest BCUT2D eigenvalue weighted by atomic mass is 127. The number of rotatable bonds is 9. The fraction of sp³-hybridized carbons (Fsp3) is 0.636. The molecule has 8 nitrogen and oxygen atoms in total. The lowest BCUT2D eigenvalue weighted by atomic mass is 10.3. The van der Waals surface area contributed by atoms with E-state index < -0.39 is 0 Å². The molecule has 3 rings (SSSR count). The number of carbonyl (C=O) groups is 1. The van der Waals surface area contributed by atoms with Crippen molar-refractivity contribution in [1.82, 2.24) is 20.4 Å². The lowest BCUT2D eigenvalue weighted by molar-refractivity contribution is -0.122. The highest BCUT2D eigenvalue weighted by molar-refractivity contribution is 14.0. The molecule has 1 unspecified atom stereocenters. The van der Waals surface area contributed by atoms with Crippen LogP contribution in [0.1, 0.15) is 26.7 Å². The summed E-state index contributed by atoms with van der Waals surface area (Å²) in [6.45, 7) is 9.38. The van der Waals surface area contributed by atoms with Crippen LogP contribution in [0.5, 0.6) is 11.5 Å². The number of hydrogen-bond acceptors (Lipinski definition) is 5. The average Bonchev–Trinajstić information content (AvgIpc) is 3.55. The first-order valence-electron chi connectivity index (χ1n) is 10.9. The van der Waals surface area contributed by atoms with E-state index in [1.54, 1.807) is 7.11 Å². The molecular formula is C22H36IN5O3. The van der Waals surface area contributed by atoms with Crippen molar-refractivity contribution in [2.45, 2.75) is 38.8 Å². The number of nitrogens with zero attached hydrogens (tertiary/aromatic N) is 3. The molecule has 1 aliphatic heterocycles. The minimum Gasteiger partial charge on any atom is -0.497 e. The Kier molecular flexibility index (Phi) is 10.7. The first-order valence-corrected chi connectivity index (χ1v) is 10.9. The Balaban J connectivity index is 0.00000341. The smallest absolute Gasteiger partial charge is 0.234 e. The van der Waals surface area contributed by atoms with Crippen molar-refractivity contribution >= 4 is 35.8 Å². The number of benzene rings is 1. The van der Waals surface area contributed by atoms with Gasteiger partial charge in [0, 0.05) is 44.8 Å². The summed E-state index contributed by atoms with van der Waals surface area (Å²) in [5, 5.41) is 6.45. The fourth-order valence-electron chi connectivity index (χ4n) is 3.41. The van der Waals surface area contributed by atoms with E-state index in [0.717, 1.165) is 63.0 Å². The van der Waals surface area contributed by atoms with E-state index in [1.807, 2.05) is 31.2 Å². The second kappa shape index (κ2) is 12.9. The Hall–Kier alpha value is -1.75. The number of methoxy groups -OCH3 is 1. The number of guanidine groups is 1. The zero-order valence-corrected chi connectivity index (χ0v) is 21.1. The molecule has 9 heteroatoms. The Bertz CT molecular complexity index is 721. The van der Waals surface area contributed by atoms with Crippen LogP contribution in [-0.4, -0.2) is 86.7 Å². The first kappa shape index (κ1) is 25.5. The second-order valence-electron chi connectivity index (χ2n) is 7.91. The minimum atomic E-state index is -0.0572. The van der Waals surface area contributed by atoms with Gasteiger partial charge in [-0.2, -0.15) is 0 Å². The van der Waals surface area contributed by atoms with E-state index in [0.29, 0.717) is 19.1 Å². The molecule has 1 saturated carbocycles. The molecule has 0 radical (unpaired) electrons. The summed E-state index contributed by atoms with van der Waals surface area (Å²) in [6, 6.07) is 8.04. The first-order chi connectivity index (χ1) is 14.6. The zero-order valence-electron chi connectivity index (χ0n) is 18.8. The monoisotopic (exact) mass is 545 g/mol. The van der Waals surface area contributed by atoms with Gasteiger partial charge in [-0.05, 0) is 38.8 Å². The molecule has 174 valence electrons. The topological polar surface area (TPSA) is 78.4 Å². The summed E-state index contributed by atoms with van der Waals surface area (Å²) < 4.78 is 11.2. The molecule has 2 N–H and O–H groups in total. The van der Waals surface area contributed by atoms with Crippen LogP contribution in [0.25, 0.3) is 0 Å². The van der Waals surface area contributed by atoms with Gasteiger partial charge in [-0.25, -0.2) is 4.99 Å². The zero-order chi connectivity index (χ0) is 21.3. The molecule has 1 amide bonds. The predicted octanol–water partition coefficient (Wildman–Crippen LogP) is 1.94. The minimum absolute atomic E-state index is 0. The third-order valence-corrected chi connectivity index (χ3v) is 5.19. The van der Waals surface area contributed by atoms with Gasteiger partial charge < -0.3 is 25.0 Å². The van der Waals surface area contributed by atoms with E-state index in [4.69, 9.17) is 14.5 Å². The van der Waals surface area contributed by atoms with Gasteiger partial charge in [0.05, 0.1) is 20.2 Å². The Morgan fingerprint density at radius 3 is 2.58 bits per heavy atom. The Morgan fingerprint density at radius 1 is 1.23 bits per heavy atom. The van der Waals surface area contributed by atoms with Gasteiger partial charge >= 0.3 is 0 Å². The van der Waals surface area contributed by atoms with Gasteiger partial charge in [0.1, 0.15) is 17.6 Å². The normalized spacial score (nSPS) is 18.0. The van der Waals surface area contributed by atoms with Crippen LogP contribution in [0, 0.1) is 0 Å². The molecule has 2 aliphatic rings. The molecule has 31 heavy (non-hydrogen) atoms. The van der Waals surface area contributed by atoms with Gasteiger partial charge in [0.25, 0.3) is 0 Å². The number of nitrogens with one attached hydrogen (secondary N) is 2. The third-order valence-electron chi connectivity index (χ3n) is 5.19. The van der Waals surface area contributed by atoms with Crippen LogP contribution in [0.4, 0.5) is 0 Å². The second-order valence-corrected chi connectivity index (χ2v) is 7.91. The molecule has 1 aliphatic carbocycles. The van der Waals surface area contributed by atoms with E-state index in [2.05, 4.69) is 27.4 Å². The quantitative estimate of drug-likeness (QED) is 0.281. The number of amides is 1. The number of hydrogen-bond donors (Lipinski definition) is 2. The van der Waals surface area contributed by atoms with Gasteiger partial charge in [0.2, 0.25) is 5.91 Å². The SMILES string of the molecule is CCNC(=NCC(C)Oc1cccc(OC)c1)N1CCN(CC(=O)NC2CC2)CC1.I. The van der Waals surface area contributed by atoms with Crippen molar-refractivity contribution in [2.24, 2.45) is 4.99 Å². The largest absolute Gasteiger partial charge is 0.497 e. The van der Waals surface area contributed by atoms with E-state index >= 15 is 0 Å². The lowest BCUT2D eigenvalue weighted by Crippen LogP contribution is -2.54. The summed E-state index contributed by atoms with van der Waals surface area (Å²) in [6.07, 6.45) is 2.20. The number of carbonyl (C=O) groups excluding carboxylic acids is 1. The van der Waals surface area contributed by atoms with Gasteiger partial charge in [0.15, 0.2) is 5.96 Å². The molecule has 1 aromatic rings. The van der Waals surface area contributed by atoms with Gasteiger partial charge in [-0.1, -0.05) is 6.07 Å². The highest BCUT2D eigenvalue weighted by Gasteiger charge is 2.26. The van der Waals surface area contributed by atoms with Crippen LogP contribution >= 0.6 is 24.0 Å². The molecule has 2 fully saturated rings. The van der Waals surface area contributed by atoms with Crippen molar-refractivity contribution in [2.75, 3.05) is 52.9 Å². The van der Waals surface area contributed by atoms with Crippen LogP contribution in [0.2, 0.25) is 0 Å². The molecule has 1 atom stereocenters. The maximum Gasteiger partial charge on any atom is 0.234 e. The van der Waals surface area contributed by atoms with Crippen LogP contribution < -0.4 is 20.1 Å². The van der Waals surface area contributed by atoms with Crippen molar-refractivity contribution in [3.8, 4) is 11.5 Å². The number of halogens is 1. The third kappa shape index (κ3) is 8.72. The molecular weight excluding hydrogens is 509 g/mol. The number of aliphatic imine (C=N–C) groups is 1. The fourth-order valence-corrected chi connectivity index (χ4v) is 3.41. The van der Waals surface area contributed by atoms with Crippen LogP contribution in [0.3, 0.4) is 0 Å². The summed E-state index contributed by atoms with van der Waals surface area (Å²) in [5.74, 6) is 2.61. The van der Waals surface area contributed by atoms with Crippen molar-refractivity contribution < 1.29 is 14.3 Å². The number of piperazine rings is 1. The molecule has 0 spiro atoms. The van der Waals surface area contributed by atoms with Crippen LogP contribution in [0.15, 0.2) is 29.3 Å². The summed E-state index contributed by atoms with van der Waals surface area (Å²) in [5.41, 5.74) is 0. The van der Waals surface area contributed by atoms with E-state index in [-0.39, 0.29) is 36.0 Å². The maximum absolute atomic E-state index is 12.0. The molecule has 1 heterocycles. The molecule has 1 saturated heterocycles. The summed E-state index contributed by atoms with van der Waals surface area (Å²) >= 11 is 0. The standard InChI is InChI=1S/C22H35N5O3.HI/c1-4-23-22(24-15-17(2)30-20-7-5-6-19(14-20)29-3)27-12-10-26(11-13-27)16-21(28)25-18-8-9-18;/h5-7,14,17-18H,4,8-13,15-16H2,1-3H3,(H,23,24)(H,25,28);1H. The Morgan fingerprint density at radius 2 is 1.94 bits per heavy atom. The molecule has 1 aromatic carbocycles. The van der Waals surface area contributed by atoms with Crippen molar-refractivity contribution in [3.05, 3.63) is 24.3 Å². The highest BCUT2D eigenvalue weighted by Crippen LogP contribution is 2.20. The van der Waals surface area contributed by atoms with Gasteiger partial charge in [-0.15, -0.1) is 24.0 Å². The lowest BCUT2D eigenvalue weighted by Gasteiger charge is -2.36. The van der Waals surface area contributed by atoms with Crippen LogP contribution in [-0.2, 0) is 4.79 Å². The van der Waals surface area contributed by atoms with Crippen molar-refractivity contribution in [1.29, 1.82) is 0 Å². The number of ether oxygens (including phenoxy) is 2. The average molecular weight is 545 g/mol. The van der Waals surface area contributed by atoms with E-state index in [1.165, 1.54) is 0 Å². The predicted molar refractivity (Wildman–Crippen MR) is 134 cm³/mol. The Labute approximate surface area is 202 Å².